The highest BCUT2D eigenvalue weighted by atomic mass is 16.6. The van der Waals surface area contributed by atoms with Crippen molar-refractivity contribution in [2.45, 2.75) is 20.0 Å². The third kappa shape index (κ3) is 3.82. The van der Waals surface area contributed by atoms with Crippen LogP contribution in [0, 0.1) is 17.0 Å². The van der Waals surface area contributed by atoms with Crippen molar-refractivity contribution in [3.8, 4) is 5.75 Å². The van der Waals surface area contributed by atoms with Crippen LogP contribution in [0.5, 0.6) is 5.75 Å². The number of carbonyl (C=O) groups excluding carboxylic acids is 1. The van der Waals surface area contributed by atoms with Gasteiger partial charge < -0.3 is 10.1 Å². The molecule has 0 heterocycles. The Labute approximate surface area is 127 Å². The quantitative estimate of drug-likeness (QED) is 0.678. The van der Waals surface area contributed by atoms with Gasteiger partial charge in [-0.05, 0) is 37.6 Å². The van der Waals surface area contributed by atoms with Crippen LogP contribution in [-0.2, 0) is 4.79 Å². The summed E-state index contributed by atoms with van der Waals surface area (Å²) < 4.78 is 5.42. The Bertz CT molecular complexity index is 700. The summed E-state index contributed by atoms with van der Waals surface area (Å²) in [5.74, 6) is -0.303. The molecule has 1 N–H and O–H groups in total. The lowest BCUT2D eigenvalue weighted by Gasteiger charge is -2.14. The zero-order valence-corrected chi connectivity index (χ0v) is 12.3. The molecule has 6 nitrogen and oxygen atoms in total. The molecule has 0 saturated carbocycles. The molecule has 0 spiro atoms. The van der Waals surface area contributed by atoms with E-state index >= 15 is 0 Å². The molecular formula is C16H16N2O4. The van der Waals surface area contributed by atoms with E-state index in [2.05, 4.69) is 5.32 Å². The summed E-state index contributed by atoms with van der Waals surface area (Å²) in [5.41, 5.74) is 1.51. The molecular weight excluding hydrogens is 284 g/mol. The molecule has 0 aliphatic carbocycles. The normalized spacial score (nSPS) is 11.5. The van der Waals surface area contributed by atoms with Gasteiger partial charge in [-0.25, -0.2) is 0 Å². The zero-order valence-electron chi connectivity index (χ0n) is 12.3. The van der Waals surface area contributed by atoms with E-state index in [1.807, 2.05) is 25.1 Å². The van der Waals surface area contributed by atoms with Crippen LogP contribution in [0.3, 0.4) is 0 Å². The Morgan fingerprint density at radius 2 is 1.95 bits per heavy atom. The van der Waals surface area contributed by atoms with Crippen LogP contribution in [0.15, 0.2) is 48.5 Å². The number of nitro benzene ring substituents is 1. The first-order valence-electron chi connectivity index (χ1n) is 6.75. The highest BCUT2D eigenvalue weighted by Gasteiger charge is 2.20. The van der Waals surface area contributed by atoms with E-state index in [1.165, 1.54) is 12.1 Å². The molecule has 0 fully saturated rings. The molecule has 0 radical (unpaired) electrons. The molecule has 0 bridgehead atoms. The molecule has 6 heteroatoms. The first-order chi connectivity index (χ1) is 10.5. The first kappa shape index (κ1) is 15.5. The van der Waals surface area contributed by atoms with Crippen molar-refractivity contribution in [3.05, 3.63) is 64.2 Å². The van der Waals surface area contributed by atoms with Crippen molar-refractivity contribution in [2.24, 2.45) is 0 Å². The molecule has 22 heavy (non-hydrogen) atoms. The third-order valence-electron chi connectivity index (χ3n) is 3.02. The van der Waals surface area contributed by atoms with Crippen LogP contribution in [0.4, 0.5) is 11.4 Å². The number of aryl methyl sites for hydroxylation is 1. The van der Waals surface area contributed by atoms with Crippen molar-refractivity contribution >= 4 is 17.3 Å². The molecule has 2 aromatic rings. The number of hydrogen-bond donors (Lipinski definition) is 1. The highest BCUT2D eigenvalue weighted by molar-refractivity contribution is 5.94. The first-order valence-corrected chi connectivity index (χ1v) is 6.75. The fourth-order valence-corrected chi connectivity index (χ4v) is 1.92. The molecule has 114 valence electrons. The summed E-state index contributed by atoms with van der Waals surface area (Å²) in [4.78, 5) is 22.5. The second kappa shape index (κ2) is 6.71. The lowest BCUT2D eigenvalue weighted by molar-refractivity contribution is -0.386. The maximum atomic E-state index is 12.1. The van der Waals surface area contributed by atoms with Gasteiger partial charge in [0, 0.05) is 11.8 Å². The van der Waals surface area contributed by atoms with Crippen LogP contribution >= 0.6 is 0 Å². The number of ether oxygens (including phenoxy) is 1. The predicted octanol–water partition coefficient (Wildman–Crippen LogP) is 3.31. The molecule has 2 rings (SSSR count). The van der Waals surface area contributed by atoms with Crippen molar-refractivity contribution in [1.82, 2.24) is 0 Å². The second-order valence-electron chi connectivity index (χ2n) is 4.84. The van der Waals surface area contributed by atoms with E-state index in [0.29, 0.717) is 5.69 Å². The smallest absolute Gasteiger partial charge is 0.310 e. The van der Waals surface area contributed by atoms with Gasteiger partial charge in [-0.2, -0.15) is 0 Å². The Hall–Kier alpha value is -2.89. The van der Waals surface area contributed by atoms with E-state index in [-0.39, 0.29) is 17.3 Å². The molecule has 1 atom stereocenters. The molecule has 0 unspecified atom stereocenters. The summed E-state index contributed by atoms with van der Waals surface area (Å²) in [6.45, 7) is 3.46. The average Bonchev–Trinajstić information content (AvgIpc) is 2.47. The minimum atomic E-state index is -0.860. The monoisotopic (exact) mass is 300 g/mol. The largest absolute Gasteiger partial charge is 0.474 e. The van der Waals surface area contributed by atoms with Gasteiger partial charge in [-0.15, -0.1) is 0 Å². The average molecular weight is 300 g/mol. The minimum Gasteiger partial charge on any atom is -0.474 e. The Kier molecular flexibility index (Phi) is 4.73. The summed E-state index contributed by atoms with van der Waals surface area (Å²) in [5, 5.41) is 13.6. The fraction of sp³-hybridized carbons (Fsp3) is 0.188. The topological polar surface area (TPSA) is 81.5 Å². The van der Waals surface area contributed by atoms with E-state index in [0.717, 1.165) is 5.56 Å². The molecule has 0 aliphatic heterocycles. The van der Waals surface area contributed by atoms with Crippen LogP contribution in [0.1, 0.15) is 12.5 Å². The SMILES string of the molecule is Cc1cccc(NC(=O)[C@@H](C)Oc2ccccc2[N+](=O)[O-])c1. The van der Waals surface area contributed by atoms with E-state index in [9.17, 15) is 14.9 Å². The standard InChI is InChI=1S/C16H16N2O4/c1-11-6-5-7-13(10-11)17-16(19)12(2)22-15-9-4-3-8-14(15)18(20)21/h3-10,12H,1-2H3,(H,17,19)/t12-/m1/s1. The molecule has 2 aromatic carbocycles. The number of nitro groups is 1. The summed E-state index contributed by atoms with van der Waals surface area (Å²) in [6, 6.07) is 13.3. The molecule has 1 amide bonds. The second-order valence-corrected chi connectivity index (χ2v) is 4.84. The highest BCUT2D eigenvalue weighted by Crippen LogP contribution is 2.27. The summed E-state index contributed by atoms with van der Waals surface area (Å²) in [7, 11) is 0. The van der Waals surface area contributed by atoms with Gasteiger partial charge in [0.05, 0.1) is 4.92 Å². The van der Waals surface area contributed by atoms with Crippen LogP contribution in [0.2, 0.25) is 0 Å². The number of amides is 1. The van der Waals surface area contributed by atoms with Gasteiger partial charge in [-0.1, -0.05) is 24.3 Å². The Morgan fingerprint density at radius 1 is 1.23 bits per heavy atom. The Morgan fingerprint density at radius 3 is 2.64 bits per heavy atom. The van der Waals surface area contributed by atoms with Crippen LogP contribution < -0.4 is 10.1 Å². The predicted molar refractivity (Wildman–Crippen MR) is 83.0 cm³/mol. The van der Waals surface area contributed by atoms with Crippen molar-refractivity contribution in [3.63, 3.8) is 0 Å². The third-order valence-corrected chi connectivity index (χ3v) is 3.02. The number of hydrogen-bond acceptors (Lipinski definition) is 4. The van der Waals surface area contributed by atoms with E-state index in [4.69, 9.17) is 4.74 Å². The van der Waals surface area contributed by atoms with Gasteiger partial charge in [0.25, 0.3) is 5.91 Å². The summed E-state index contributed by atoms with van der Waals surface area (Å²) in [6.07, 6.45) is -0.860. The molecule has 0 aliphatic rings. The summed E-state index contributed by atoms with van der Waals surface area (Å²) >= 11 is 0. The van der Waals surface area contributed by atoms with Gasteiger partial charge in [-0.3, -0.25) is 14.9 Å². The van der Waals surface area contributed by atoms with Gasteiger partial charge in [0.2, 0.25) is 0 Å². The maximum absolute atomic E-state index is 12.1. The zero-order chi connectivity index (χ0) is 16.1. The van der Waals surface area contributed by atoms with Gasteiger partial charge in [0.1, 0.15) is 0 Å². The van der Waals surface area contributed by atoms with Gasteiger partial charge >= 0.3 is 5.69 Å². The number of carbonyl (C=O) groups is 1. The lowest BCUT2D eigenvalue weighted by Crippen LogP contribution is -2.30. The number of rotatable bonds is 5. The Balaban J connectivity index is 2.07. The number of nitrogens with zero attached hydrogens (tertiary/aromatic N) is 1. The van der Waals surface area contributed by atoms with Crippen LogP contribution in [-0.4, -0.2) is 16.9 Å². The maximum Gasteiger partial charge on any atom is 0.310 e. The van der Waals surface area contributed by atoms with E-state index in [1.54, 1.807) is 25.1 Å². The molecule has 0 saturated heterocycles. The number of nitrogens with one attached hydrogen (secondary N) is 1. The number of anilines is 1. The van der Waals surface area contributed by atoms with Gasteiger partial charge in [0.15, 0.2) is 11.9 Å². The molecule has 0 aromatic heterocycles. The number of benzene rings is 2. The van der Waals surface area contributed by atoms with Crippen molar-refractivity contribution in [2.75, 3.05) is 5.32 Å². The van der Waals surface area contributed by atoms with Crippen LogP contribution in [0.25, 0.3) is 0 Å². The fourth-order valence-electron chi connectivity index (χ4n) is 1.92. The van der Waals surface area contributed by atoms with E-state index < -0.39 is 11.0 Å². The lowest BCUT2D eigenvalue weighted by atomic mass is 10.2. The number of para-hydroxylation sites is 2. The minimum absolute atomic E-state index is 0.0689. The van der Waals surface area contributed by atoms with Crippen molar-refractivity contribution in [1.29, 1.82) is 0 Å². The van der Waals surface area contributed by atoms with Crippen molar-refractivity contribution < 1.29 is 14.5 Å².